The number of rotatable bonds is 6. The van der Waals surface area contributed by atoms with Crippen molar-refractivity contribution in [2.24, 2.45) is 11.8 Å². The first-order valence-electron chi connectivity index (χ1n) is 20.3. The van der Waals surface area contributed by atoms with E-state index in [-0.39, 0.29) is 24.4 Å². The van der Waals surface area contributed by atoms with E-state index in [0.717, 1.165) is 51.4 Å². The largest absolute Gasteiger partial charge is 0.396 e. The van der Waals surface area contributed by atoms with Gasteiger partial charge in [0.2, 0.25) is 0 Å². The molecule has 0 saturated heterocycles. The van der Waals surface area contributed by atoms with Crippen LogP contribution in [0.25, 0.3) is 0 Å². The van der Waals surface area contributed by atoms with Gasteiger partial charge in [0.15, 0.2) is 0 Å². The van der Waals surface area contributed by atoms with E-state index in [2.05, 4.69) is 0 Å². The van der Waals surface area contributed by atoms with E-state index in [1.165, 1.54) is 38.5 Å². The van der Waals surface area contributed by atoms with Gasteiger partial charge in [-0.1, -0.05) is 93.9 Å². The molecule has 2 aliphatic rings. The van der Waals surface area contributed by atoms with Gasteiger partial charge in [0, 0.05) is 38.6 Å². The molecule has 0 aliphatic heterocycles. The van der Waals surface area contributed by atoms with Crippen LogP contribution in [0.1, 0.15) is 201 Å². The van der Waals surface area contributed by atoms with E-state index < -0.39 is 11.2 Å². The molecule has 10 N–H and O–H groups in total. The van der Waals surface area contributed by atoms with Crippen LogP contribution in [0.3, 0.4) is 0 Å². The van der Waals surface area contributed by atoms with E-state index in [1.807, 2.05) is 55.4 Å². The lowest BCUT2D eigenvalue weighted by atomic mass is 9.98. The van der Waals surface area contributed by atoms with Crippen LogP contribution in [0, 0.1) is 11.8 Å². The zero-order valence-electron chi connectivity index (χ0n) is 37.7. The molecule has 2 rings (SSSR count). The standard InChI is InChI=1S/2C6H12O.2C5H12O.2C4H10O.4C3H8O/c2*7-6-4-2-1-3-5-6;2*1-4-5(2,3)6;2*1-4(2)3-5;2*1-3(2)4;2*1-2-3-4/h2*6-7H,1-5H2;2*6H,4H2,1-3H3;2*4-5H,3H2,1-2H3;2*3-4H,1-2H3;2*4H,2-3H2,1H3. The van der Waals surface area contributed by atoms with Crippen molar-refractivity contribution in [3.05, 3.63) is 0 Å². The minimum atomic E-state index is -0.458. The van der Waals surface area contributed by atoms with Crippen molar-refractivity contribution in [2.45, 2.75) is 236 Å². The molecule has 0 aromatic carbocycles. The van der Waals surface area contributed by atoms with Gasteiger partial charge in [-0.05, 0) is 119 Å². The van der Waals surface area contributed by atoms with Crippen LogP contribution in [-0.4, -0.2) is 113 Å². The molecule has 0 heterocycles. The van der Waals surface area contributed by atoms with Gasteiger partial charge in [0.1, 0.15) is 0 Å². The fraction of sp³-hybridized carbons (Fsp3) is 1.00. The van der Waals surface area contributed by atoms with Crippen molar-refractivity contribution in [2.75, 3.05) is 26.4 Å². The van der Waals surface area contributed by atoms with Crippen LogP contribution in [-0.2, 0) is 0 Å². The molecule has 10 heteroatoms. The number of aliphatic hydroxyl groups excluding tert-OH is 8. The third-order valence-electron chi connectivity index (χ3n) is 6.06. The van der Waals surface area contributed by atoms with Gasteiger partial charge in [-0.2, -0.15) is 0 Å². The first kappa shape index (κ1) is 69.5. The Labute approximate surface area is 325 Å². The zero-order chi connectivity index (χ0) is 43.2. The SMILES string of the molecule is CC(C)CO.CC(C)CO.CC(C)O.CC(C)O.CCC(C)(C)O.CCC(C)(C)O.CCCO.CCCO.OC1CCCCC1.OC1CCCCC1. The predicted octanol–water partition coefficient (Wildman–Crippen LogP) is 7.78. The second kappa shape index (κ2) is 54.9. The van der Waals surface area contributed by atoms with Gasteiger partial charge in [-0.3, -0.25) is 0 Å². The summed E-state index contributed by atoms with van der Waals surface area (Å²) in [4.78, 5) is 0. The first-order chi connectivity index (χ1) is 23.7. The molecule has 328 valence electrons. The average molecular weight is 765 g/mol. The van der Waals surface area contributed by atoms with Gasteiger partial charge in [-0.25, -0.2) is 0 Å². The zero-order valence-corrected chi connectivity index (χ0v) is 37.7. The summed E-state index contributed by atoms with van der Waals surface area (Å²) >= 11 is 0. The average Bonchev–Trinajstić information content (AvgIpc) is 3.06. The molecule has 0 amide bonds. The van der Waals surface area contributed by atoms with Crippen LogP contribution in [0.15, 0.2) is 0 Å². The first-order valence-corrected chi connectivity index (χ1v) is 20.3. The van der Waals surface area contributed by atoms with E-state index >= 15 is 0 Å². The normalized spacial score (nSPS) is 14.0. The third-order valence-corrected chi connectivity index (χ3v) is 6.06. The Kier molecular flexibility index (Phi) is 73.4. The summed E-state index contributed by atoms with van der Waals surface area (Å²) < 4.78 is 0. The maximum Gasteiger partial charge on any atom is 0.0589 e. The molecule has 0 radical (unpaired) electrons. The van der Waals surface area contributed by atoms with Crippen molar-refractivity contribution >= 4 is 0 Å². The lowest BCUT2D eigenvalue weighted by molar-refractivity contribution is 0.0759. The molecule has 2 aliphatic carbocycles. The van der Waals surface area contributed by atoms with Crippen LogP contribution >= 0.6 is 0 Å². The quantitative estimate of drug-likeness (QED) is 0.127. The maximum absolute atomic E-state index is 8.91. The van der Waals surface area contributed by atoms with E-state index in [0.29, 0.717) is 38.3 Å². The molecule has 10 nitrogen and oxygen atoms in total. The van der Waals surface area contributed by atoms with Crippen molar-refractivity contribution in [3.63, 3.8) is 0 Å². The van der Waals surface area contributed by atoms with Gasteiger partial charge < -0.3 is 51.1 Å². The highest BCUT2D eigenvalue weighted by molar-refractivity contribution is 4.62. The maximum atomic E-state index is 8.91. The molecule has 0 aromatic heterocycles. The monoisotopic (exact) mass is 765 g/mol. The molecule has 0 spiro atoms. The second-order valence-electron chi connectivity index (χ2n) is 15.7. The Hall–Kier alpha value is -0.400. The molecule has 0 atom stereocenters. The third kappa shape index (κ3) is 154. The smallest absolute Gasteiger partial charge is 0.0589 e. The van der Waals surface area contributed by atoms with Gasteiger partial charge in [-0.15, -0.1) is 0 Å². The topological polar surface area (TPSA) is 202 Å². The van der Waals surface area contributed by atoms with E-state index in [4.69, 9.17) is 51.1 Å². The van der Waals surface area contributed by atoms with Crippen LogP contribution < -0.4 is 0 Å². The predicted molar refractivity (Wildman–Crippen MR) is 225 cm³/mol. The van der Waals surface area contributed by atoms with Gasteiger partial charge >= 0.3 is 0 Å². The van der Waals surface area contributed by atoms with Crippen LogP contribution in [0.4, 0.5) is 0 Å². The summed E-state index contributed by atoms with van der Waals surface area (Å²) in [7, 11) is 0. The highest BCUT2D eigenvalue weighted by Gasteiger charge is 2.08. The fourth-order valence-corrected chi connectivity index (χ4v) is 2.16. The Morgan fingerprint density at radius 3 is 0.635 bits per heavy atom. The molecule has 52 heavy (non-hydrogen) atoms. The number of hydrogen-bond acceptors (Lipinski definition) is 10. The lowest BCUT2D eigenvalue weighted by Gasteiger charge is -2.14. The molecule has 0 bridgehead atoms. The van der Waals surface area contributed by atoms with E-state index in [1.54, 1.807) is 55.4 Å². The van der Waals surface area contributed by atoms with Crippen molar-refractivity contribution < 1.29 is 51.1 Å². The molecular weight excluding hydrogens is 664 g/mol. The number of aliphatic hydroxyl groups is 10. The Bertz CT molecular complexity index is 476. The molecule has 2 fully saturated rings. The summed E-state index contributed by atoms with van der Waals surface area (Å²) in [5.74, 6) is 0.880. The summed E-state index contributed by atoms with van der Waals surface area (Å²) in [6.07, 6.45) is 14.9. The van der Waals surface area contributed by atoms with Gasteiger partial charge in [0.25, 0.3) is 0 Å². The highest BCUT2D eigenvalue weighted by Crippen LogP contribution is 2.17. The van der Waals surface area contributed by atoms with Gasteiger partial charge in [0.05, 0.1) is 23.4 Å². The highest BCUT2D eigenvalue weighted by atomic mass is 16.3. The van der Waals surface area contributed by atoms with Crippen molar-refractivity contribution in [1.29, 1.82) is 0 Å². The molecular formula is C42H100O10. The Morgan fingerprint density at radius 1 is 0.462 bits per heavy atom. The molecule has 2 saturated carbocycles. The van der Waals surface area contributed by atoms with Crippen LogP contribution in [0.5, 0.6) is 0 Å². The summed E-state index contributed by atoms with van der Waals surface area (Å²) in [5.41, 5.74) is -0.917. The molecule has 0 unspecified atom stereocenters. The second-order valence-corrected chi connectivity index (χ2v) is 15.7. The summed E-state index contributed by atoms with van der Waals surface area (Å²) in [5, 5.41) is 83.6. The van der Waals surface area contributed by atoms with Crippen LogP contribution in [0.2, 0.25) is 0 Å². The summed E-state index contributed by atoms with van der Waals surface area (Å²) in [6, 6.07) is 0. The lowest BCUT2D eigenvalue weighted by Crippen LogP contribution is -2.15. The molecule has 0 aromatic rings. The summed E-state index contributed by atoms with van der Waals surface area (Å²) in [6.45, 7) is 31.0. The van der Waals surface area contributed by atoms with Crippen molar-refractivity contribution in [1.82, 2.24) is 0 Å². The fourth-order valence-electron chi connectivity index (χ4n) is 2.16. The van der Waals surface area contributed by atoms with Crippen molar-refractivity contribution in [3.8, 4) is 0 Å². The Morgan fingerprint density at radius 2 is 0.596 bits per heavy atom. The van der Waals surface area contributed by atoms with E-state index in [9.17, 15) is 0 Å². The Balaban J connectivity index is -0.0000000696. The number of hydrogen-bond donors (Lipinski definition) is 10. The minimum absolute atomic E-state index is 0.0359. The minimum Gasteiger partial charge on any atom is -0.396 e.